The molecule has 21 heavy (non-hydrogen) atoms. The molecule has 116 valence electrons. The van der Waals surface area contributed by atoms with Crippen LogP contribution in [-0.4, -0.2) is 51.2 Å². The lowest BCUT2D eigenvalue weighted by atomic mass is 9.71. The molecule has 0 radical (unpaired) electrons. The van der Waals surface area contributed by atoms with Gasteiger partial charge in [-0.15, -0.1) is 0 Å². The van der Waals surface area contributed by atoms with Gasteiger partial charge in [-0.2, -0.15) is 0 Å². The summed E-state index contributed by atoms with van der Waals surface area (Å²) in [5.74, 6) is 0.218. The zero-order chi connectivity index (χ0) is 15.3. The quantitative estimate of drug-likeness (QED) is 0.898. The largest absolute Gasteiger partial charge is 0.381 e. The first-order valence-corrected chi connectivity index (χ1v) is 7.66. The van der Waals surface area contributed by atoms with E-state index in [1.807, 2.05) is 31.1 Å². The van der Waals surface area contributed by atoms with Crippen LogP contribution in [-0.2, 0) is 14.9 Å². The number of nitrogens with one attached hydrogen (secondary N) is 1. The molecule has 1 aromatic carbocycles. The molecule has 1 saturated heterocycles. The van der Waals surface area contributed by atoms with Crippen molar-refractivity contribution in [2.45, 2.75) is 25.2 Å². The predicted octanol–water partition coefficient (Wildman–Crippen LogP) is 1.72. The highest BCUT2D eigenvalue weighted by molar-refractivity contribution is 5.88. The molecule has 0 aliphatic carbocycles. The molecular formula is C17H26N2O2. The van der Waals surface area contributed by atoms with Gasteiger partial charge in [0.15, 0.2) is 0 Å². The summed E-state index contributed by atoms with van der Waals surface area (Å²) in [7, 11) is 3.80. The number of hydrogen-bond donors (Lipinski definition) is 1. The molecule has 0 saturated carbocycles. The van der Waals surface area contributed by atoms with Gasteiger partial charge >= 0.3 is 0 Å². The third-order valence-electron chi connectivity index (χ3n) is 4.46. The maximum absolute atomic E-state index is 13.1. The first-order chi connectivity index (χ1) is 10.1. The Kier molecular flexibility index (Phi) is 5.37. The van der Waals surface area contributed by atoms with Crippen LogP contribution in [0.1, 0.15) is 24.0 Å². The van der Waals surface area contributed by atoms with Crippen molar-refractivity contribution in [2.75, 3.05) is 40.4 Å². The van der Waals surface area contributed by atoms with E-state index in [2.05, 4.69) is 24.4 Å². The second-order valence-electron chi connectivity index (χ2n) is 5.84. The number of rotatable bonds is 5. The summed E-state index contributed by atoms with van der Waals surface area (Å²) in [6.45, 7) is 4.93. The highest BCUT2D eigenvalue weighted by Crippen LogP contribution is 2.38. The van der Waals surface area contributed by atoms with Crippen molar-refractivity contribution in [3.8, 4) is 0 Å². The zero-order valence-electron chi connectivity index (χ0n) is 13.3. The van der Waals surface area contributed by atoms with Gasteiger partial charge in [-0.05, 0) is 37.9 Å². The van der Waals surface area contributed by atoms with Gasteiger partial charge in [0.1, 0.15) is 0 Å². The molecule has 0 atom stereocenters. The third-order valence-corrected chi connectivity index (χ3v) is 4.46. The third kappa shape index (κ3) is 3.27. The van der Waals surface area contributed by atoms with E-state index in [-0.39, 0.29) is 5.91 Å². The number of benzene rings is 1. The molecule has 1 aliphatic rings. The van der Waals surface area contributed by atoms with Crippen LogP contribution in [0.3, 0.4) is 0 Å². The van der Waals surface area contributed by atoms with E-state index in [1.54, 1.807) is 0 Å². The number of likely N-dealkylation sites (N-methyl/N-ethyl adjacent to an activating group) is 2. The van der Waals surface area contributed by atoms with E-state index in [9.17, 15) is 4.79 Å². The minimum Gasteiger partial charge on any atom is -0.381 e. The van der Waals surface area contributed by atoms with E-state index in [4.69, 9.17) is 4.74 Å². The Labute approximate surface area is 127 Å². The second-order valence-corrected chi connectivity index (χ2v) is 5.84. The number of aryl methyl sites for hydroxylation is 1. The van der Waals surface area contributed by atoms with Crippen molar-refractivity contribution in [1.29, 1.82) is 0 Å². The molecule has 0 aromatic heterocycles. The van der Waals surface area contributed by atoms with Crippen LogP contribution < -0.4 is 5.32 Å². The monoisotopic (exact) mass is 290 g/mol. The molecular weight excluding hydrogens is 264 g/mol. The van der Waals surface area contributed by atoms with Crippen molar-refractivity contribution in [2.24, 2.45) is 0 Å². The summed E-state index contributed by atoms with van der Waals surface area (Å²) in [4.78, 5) is 15.0. The van der Waals surface area contributed by atoms with Crippen molar-refractivity contribution in [3.63, 3.8) is 0 Å². The lowest BCUT2D eigenvalue weighted by Gasteiger charge is -2.40. The molecule has 1 fully saturated rings. The summed E-state index contributed by atoms with van der Waals surface area (Å²) < 4.78 is 5.51. The summed E-state index contributed by atoms with van der Waals surface area (Å²) in [5, 5.41) is 3.10. The lowest BCUT2D eigenvalue weighted by molar-refractivity contribution is -0.140. The highest BCUT2D eigenvalue weighted by Gasteiger charge is 2.43. The fourth-order valence-electron chi connectivity index (χ4n) is 3.17. The van der Waals surface area contributed by atoms with Gasteiger partial charge in [0.25, 0.3) is 0 Å². The van der Waals surface area contributed by atoms with E-state index in [0.717, 1.165) is 31.5 Å². The van der Waals surface area contributed by atoms with E-state index < -0.39 is 5.41 Å². The first-order valence-electron chi connectivity index (χ1n) is 7.66. The molecule has 2 rings (SSSR count). The van der Waals surface area contributed by atoms with Crippen molar-refractivity contribution < 1.29 is 9.53 Å². The van der Waals surface area contributed by atoms with Crippen LogP contribution in [0.2, 0.25) is 0 Å². The van der Waals surface area contributed by atoms with Gasteiger partial charge in [-0.3, -0.25) is 4.79 Å². The van der Waals surface area contributed by atoms with E-state index in [1.165, 1.54) is 5.56 Å². The van der Waals surface area contributed by atoms with Gasteiger partial charge in [0.2, 0.25) is 5.91 Å². The lowest BCUT2D eigenvalue weighted by Crippen LogP contribution is -2.50. The van der Waals surface area contributed by atoms with Gasteiger partial charge in [0.05, 0.1) is 5.41 Å². The number of ether oxygens (including phenoxy) is 1. The first kappa shape index (κ1) is 16.0. The minimum absolute atomic E-state index is 0.218. The van der Waals surface area contributed by atoms with Crippen molar-refractivity contribution in [1.82, 2.24) is 10.2 Å². The summed E-state index contributed by atoms with van der Waals surface area (Å²) in [6.07, 6.45) is 1.53. The predicted molar refractivity (Wildman–Crippen MR) is 84.5 cm³/mol. The number of hydrogen-bond acceptors (Lipinski definition) is 3. The number of carbonyl (C=O) groups excluding carboxylic acids is 1. The maximum Gasteiger partial charge on any atom is 0.233 e. The molecule has 1 heterocycles. The zero-order valence-corrected chi connectivity index (χ0v) is 13.3. The Bertz CT molecular complexity index is 481. The smallest absolute Gasteiger partial charge is 0.233 e. The Balaban J connectivity index is 2.33. The maximum atomic E-state index is 13.1. The van der Waals surface area contributed by atoms with Gasteiger partial charge in [-0.1, -0.05) is 24.3 Å². The van der Waals surface area contributed by atoms with Crippen molar-refractivity contribution >= 4 is 5.91 Å². The van der Waals surface area contributed by atoms with Crippen LogP contribution in [0, 0.1) is 6.92 Å². The topological polar surface area (TPSA) is 41.6 Å². The summed E-state index contributed by atoms with van der Waals surface area (Å²) in [6, 6.07) is 8.25. The standard InChI is InChI=1S/C17H26N2O2/c1-14-6-4-5-7-15(14)17(8-12-21-13-9-17)16(20)19(3)11-10-18-2/h4-7,18H,8-13H2,1-3H3. The van der Waals surface area contributed by atoms with Gasteiger partial charge in [-0.25, -0.2) is 0 Å². The molecule has 1 aromatic rings. The molecule has 0 bridgehead atoms. The molecule has 1 amide bonds. The number of amides is 1. The molecule has 1 N–H and O–H groups in total. The highest BCUT2D eigenvalue weighted by atomic mass is 16.5. The molecule has 4 nitrogen and oxygen atoms in total. The number of carbonyl (C=O) groups is 1. The Morgan fingerprint density at radius 3 is 2.62 bits per heavy atom. The van der Waals surface area contributed by atoms with Crippen LogP contribution in [0.4, 0.5) is 0 Å². The SMILES string of the molecule is CNCCN(C)C(=O)C1(c2ccccc2C)CCOCC1. The van der Waals surface area contributed by atoms with Crippen LogP contribution in [0.15, 0.2) is 24.3 Å². The van der Waals surface area contributed by atoms with Gasteiger partial charge in [0, 0.05) is 33.4 Å². The molecule has 0 spiro atoms. The number of nitrogens with zero attached hydrogens (tertiary/aromatic N) is 1. The Hall–Kier alpha value is -1.39. The van der Waals surface area contributed by atoms with E-state index >= 15 is 0 Å². The molecule has 0 unspecified atom stereocenters. The normalized spacial score (nSPS) is 17.5. The average Bonchev–Trinajstić information content (AvgIpc) is 2.53. The molecule has 4 heteroatoms. The molecule has 1 aliphatic heterocycles. The Morgan fingerprint density at radius 2 is 2.00 bits per heavy atom. The van der Waals surface area contributed by atoms with Crippen LogP contribution in [0.25, 0.3) is 0 Å². The summed E-state index contributed by atoms with van der Waals surface area (Å²) in [5.41, 5.74) is 1.93. The van der Waals surface area contributed by atoms with Gasteiger partial charge < -0.3 is 15.0 Å². The van der Waals surface area contributed by atoms with Crippen LogP contribution in [0.5, 0.6) is 0 Å². The average molecular weight is 290 g/mol. The second kappa shape index (κ2) is 7.05. The van der Waals surface area contributed by atoms with Crippen LogP contribution >= 0.6 is 0 Å². The fourth-order valence-corrected chi connectivity index (χ4v) is 3.17. The fraction of sp³-hybridized carbons (Fsp3) is 0.588. The minimum atomic E-state index is -0.425. The Morgan fingerprint density at radius 1 is 1.33 bits per heavy atom. The van der Waals surface area contributed by atoms with E-state index in [0.29, 0.717) is 13.2 Å². The summed E-state index contributed by atoms with van der Waals surface area (Å²) >= 11 is 0. The van der Waals surface area contributed by atoms with Crippen molar-refractivity contribution in [3.05, 3.63) is 35.4 Å².